The summed E-state index contributed by atoms with van der Waals surface area (Å²) in [6.45, 7) is 10.1. The van der Waals surface area contributed by atoms with Crippen molar-refractivity contribution in [3.05, 3.63) is 24.0 Å². The fourth-order valence-electron chi connectivity index (χ4n) is 3.08. The molecule has 1 fully saturated rings. The molecule has 0 atom stereocenters. The third-order valence-electron chi connectivity index (χ3n) is 4.07. The van der Waals surface area contributed by atoms with E-state index in [0.29, 0.717) is 6.04 Å². The molecule has 1 N–H and O–H groups in total. The van der Waals surface area contributed by atoms with Gasteiger partial charge in [0.25, 0.3) is 0 Å². The zero-order valence-electron chi connectivity index (χ0n) is 14.0. The first-order chi connectivity index (χ1) is 11.0. The van der Waals surface area contributed by atoms with Crippen molar-refractivity contribution in [3.8, 4) is 0 Å². The van der Waals surface area contributed by atoms with E-state index in [-0.39, 0.29) is 5.91 Å². The van der Waals surface area contributed by atoms with Crippen LogP contribution in [0.15, 0.2) is 18.2 Å². The van der Waals surface area contributed by atoms with Crippen LogP contribution in [0.25, 0.3) is 11.0 Å². The molecule has 1 aliphatic rings. The predicted molar refractivity (Wildman–Crippen MR) is 90.5 cm³/mol. The van der Waals surface area contributed by atoms with Crippen molar-refractivity contribution < 1.29 is 9.53 Å². The Hall–Kier alpha value is -1.92. The number of nitrogens with one attached hydrogen (secondary N) is 1. The van der Waals surface area contributed by atoms with Gasteiger partial charge in [0.1, 0.15) is 5.82 Å². The van der Waals surface area contributed by atoms with Crippen LogP contribution in [0.3, 0.4) is 0 Å². The number of benzene rings is 1. The monoisotopic (exact) mass is 316 g/mol. The summed E-state index contributed by atoms with van der Waals surface area (Å²) in [5.41, 5.74) is 2.82. The van der Waals surface area contributed by atoms with Crippen LogP contribution in [0.2, 0.25) is 0 Å². The molecule has 0 saturated carbocycles. The van der Waals surface area contributed by atoms with E-state index in [1.807, 2.05) is 18.2 Å². The fraction of sp³-hybridized carbons (Fsp3) is 0.529. The Morgan fingerprint density at radius 2 is 2.09 bits per heavy atom. The highest BCUT2D eigenvalue weighted by atomic mass is 16.5. The van der Waals surface area contributed by atoms with Crippen LogP contribution < -0.4 is 5.32 Å². The van der Waals surface area contributed by atoms with E-state index in [0.717, 1.165) is 55.4 Å². The van der Waals surface area contributed by atoms with Gasteiger partial charge in [-0.05, 0) is 32.0 Å². The zero-order valence-corrected chi connectivity index (χ0v) is 14.0. The van der Waals surface area contributed by atoms with Gasteiger partial charge in [0.2, 0.25) is 5.91 Å². The maximum Gasteiger partial charge on any atom is 0.221 e. The van der Waals surface area contributed by atoms with E-state index in [4.69, 9.17) is 9.72 Å². The van der Waals surface area contributed by atoms with Gasteiger partial charge in [-0.25, -0.2) is 4.98 Å². The van der Waals surface area contributed by atoms with Crippen molar-refractivity contribution >= 4 is 22.6 Å². The molecule has 6 heteroatoms. The van der Waals surface area contributed by atoms with E-state index >= 15 is 0 Å². The van der Waals surface area contributed by atoms with Crippen molar-refractivity contribution in [2.45, 2.75) is 33.4 Å². The summed E-state index contributed by atoms with van der Waals surface area (Å²) >= 11 is 0. The number of rotatable bonds is 4. The minimum atomic E-state index is -0.0683. The van der Waals surface area contributed by atoms with E-state index < -0.39 is 0 Å². The topological polar surface area (TPSA) is 59.4 Å². The average Bonchev–Trinajstić information content (AvgIpc) is 2.84. The summed E-state index contributed by atoms with van der Waals surface area (Å²) < 4.78 is 7.70. The van der Waals surface area contributed by atoms with Crippen LogP contribution in [0.5, 0.6) is 0 Å². The summed E-state index contributed by atoms with van der Waals surface area (Å²) in [4.78, 5) is 18.4. The van der Waals surface area contributed by atoms with Gasteiger partial charge in [0.05, 0.1) is 30.8 Å². The first-order valence-corrected chi connectivity index (χ1v) is 8.13. The molecule has 1 saturated heterocycles. The highest BCUT2D eigenvalue weighted by Crippen LogP contribution is 2.25. The lowest BCUT2D eigenvalue weighted by Gasteiger charge is -2.27. The quantitative estimate of drug-likeness (QED) is 0.941. The number of nitrogens with zero attached hydrogens (tertiary/aromatic N) is 3. The second-order valence-corrected chi connectivity index (χ2v) is 6.26. The molecule has 2 heterocycles. The second kappa shape index (κ2) is 6.68. The molecule has 0 spiro atoms. The SMILES string of the molecule is CC(=O)Nc1ccc2c(c1)nc(CN1CCOCC1)n2C(C)C. The van der Waals surface area contributed by atoms with E-state index in [1.54, 1.807) is 0 Å². The Morgan fingerprint density at radius 3 is 2.74 bits per heavy atom. The number of hydrogen-bond acceptors (Lipinski definition) is 4. The van der Waals surface area contributed by atoms with Gasteiger partial charge < -0.3 is 14.6 Å². The summed E-state index contributed by atoms with van der Waals surface area (Å²) in [6.07, 6.45) is 0. The van der Waals surface area contributed by atoms with Crippen LogP contribution in [-0.2, 0) is 16.1 Å². The molecule has 3 rings (SSSR count). The molecule has 23 heavy (non-hydrogen) atoms. The number of anilines is 1. The number of aromatic nitrogens is 2. The summed E-state index contributed by atoms with van der Waals surface area (Å²) in [5.74, 6) is 0.998. The van der Waals surface area contributed by atoms with Gasteiger partial charge in [-0.1, -0.05) is 0 Å². The molecule has 0 aliphatic carbocycles. The molecule has 1 aliphatic heterocycles. The number of imidazole rings is 1. The third kappa shape index (κ3) is 3.54. The Bertz CT molecular complexity index is 702. The van der Waals surface area contributed by atoms with Gasteiger partial charge in [-0.2, -0.15) is 0 Å². The normalized spacial score (nSPS) is 16.2. The first-order valence-electron chi connectivity index (χ1n) is 8.13. The maximum atomic E-state index is 11.2. The lowest BCUT2D eigenvalue weighted by molar-refractivity contribution is -0.114. The van der Waals surface area contributed by atoms with Crippen LogP contribution in [0.4, 0.5) is 5.69 Å². The van der Waals surface area contributed by atoms with Crippen molar-refractivity contribution in [2.24, 2.45) is 0 Å². The lowest BCUT2D eigenvalue weighted by atomic mass is 10.2. The van der Waals surface area contributed by atoms with Crippen molar-refractivity contribution in [1.82, 2.24) is 14.5 Å². The molecule has 2 aromatic rings. The standard InChI is InChI=1S/C17H24N4O2/c1-12(2)21-16-5-4-14(18-13(3)22)10-15(16)19-17(21)11-20-6-8-23-9-7-20/h4-5,10,12H,6-9,11H2,1-3H3,(H,18,22). The fourth-order valence-corrected chi connectivity index (χ4v) is 3.08. The van der Waals surface area contributed by atoms with Crippen molar-refractivity contribution in [1.29, 1.82) is 0 Å². The molecular weight excluding hydrogens is 292 g/mol. The maximum absolute atomic E-state index is 11.2. The summed E-state index contributed by atoms with van der Waals surface area (Å²) in [7, 11) is 0. The highest BCUT2D eigenvalue weighted by molar-refractivity contribution is 5.91. The largest absolute Gasteiger partial charge is 0.379 e. The number of morpholine rings is 1. The average molecular weight is 316 g/mol. The molecular formula is C17H24N4O2. The van der Waals surface area contributed by atoms with E-state index in [1.165, 1.54) is 6.92 Å². The number of amides is 1. The van der Waals surface area contributed by atoms with Gasteiger partial charge >= 0.3 is 0 Å². The van der Waals surface area contributed by atoms with Gasteiger partial charge in [-0.15, -0.1) is 0 Å². The van der Waals surface area contributed by atoms with Gasteiger partial charge in [0, 0.05) is 31.7 Å². The molecule has 1 aromatic carbocycles. The third-order valence-corrected chi connectivity index (χ3v) is 4.07. The molecule has 124 valence electrons. The molecule has 1 amide bonds. The molecule has 1 aromatic heterocycles. The van der Waals surface area contributed by atoms with E-state index in [2.05, 4.69) is 28.6 Å². The molecule has 0 unspecified atom stereocenters. The van der Waals surface area contributed by atoms with Crippen molar-refractivity contribution in [3.63, 3.8) is 0 Å². The Morgan fingerprint density at radius 1 is 1.35 bits per heavy atom. The molecule has 0 radical (unpaired) electrons. The van der Waals surface area contributed by atoms with Crippen LogP contribution in [-0.4, -0.2) is 46.7 Å². The number of ether oxygens (including phenoxy) is 1. The number of hydrogen-bond donors (Lipinski definition) is 1. The number of carbonyl (C=O) groups is 1. The van der Waals surface area contributed by atoms with Crippen molar-refractivity contribution in [2.75, 3.05) is 31.6 Å². The Balaban J connectivity index is 1.95. The van der Waals surface area contributed by atoms with Crippen LogP contribution >= 0.6 is 0 Å². The molecule has 6 nitrogen and oxygen atoms in total. The Labute approximate surface area is 136 Å². The Kier molecular flexibility index (Phi) is 4.63. The first kappa shape index (κ1) is 16.0. The summed E-state index contributed by atoms with van der Waals surface area (Å²) in [6, 6.07) is 6.25. The number of carbonyl (C=O) groups excluding carboxylic acids is 1. The van der Waals surface area contributed by atoms with E-state index in [9.17, 15) is 4.79 Å². The van der Waals surface area contributed by atoms with Gasteiger partial charge in [0.15, 0.2) is 0 Å². The number of fused-ring (bicyclic) bond motifs is 1. The second-order valence-electron chi connectivity index (χ2n) is 6.26. The summed E-state index contributed by atoms with van der Waals surface area (Å²) in [5, 5.41) is 2.82. The predicted octanol–water partition coefficient (Wildman–Crippen LogP) is 2.41. The zero-order chi connectivity index (χ0) is 16.4. The lowest BCUT2D eigenvalue weighted by Crippen LogP contribution is -2.36. The molecule has 0 bridgehead atoms. The van der Waals surface area contributed by atoms with Gasteiger partial charge in [-0.3, -0.25) is 9.69 Å². The smallest absolute Gasteiger partial charge is 0.221 e. The minimum absolute atomic E-state index is 0.0683. The van der Waals surface area contributed by atoms with Crippen LogP contribution in [0.1, 0.15) is 32.6 Å². The minimum Gasteiger partial charge on any atom is -0.379 e. The van der Waals surface area contributed by atoms with Crippen LogP contribution in [0, 0.1) is 0 Å². The highest BCUT2D eigenvalue weighted by Gasteiger charge is 2.18.